The van der Waals surface area contributed by atoms with Crippen LogP contribution in [0.25, 0.3) is 5.69 Å². The second-order valence-corrected chi connectivity index (χ2v) is 4.36. The summed E-state index contributed by atoms with van der Waals surface area (Å²) in [6, 6.07) is 2.91. The summed E-state index contributed by atoms with van der Waals surface area (Å²) >= 11 is 0. The van der Waals surface area contributed by atoms with Gasteiger partial charge in [0.2, 0.25) is 0 Å². The van der Waals surface area contributed by atoms with Crippen LogP contribution in [0.3, 0.4) is 0 Å². The first kappa shape index (κ1) is 15.4. The predicted octanol–water partition coefficient (Wildman–Crippen LogP) is -0.193. The Morgan fingerprint density at radius 3 is 2.23 bits per heavy atom. The maximum Gasteiger partial charge on any atom is 0.351 e. The van der Waals surface area contributed by atoms with Crippen molar-refractivity contribution in [1.82, 2.24) is 14.3 Å². The number of H-pyrrole nitrogens is 1. The minimum atomic E-state index is -0.637. The van der Waals surface area contributed by atoms with Gasteiger partial charge in [-0.2, -0.15) is 4.68 Å². The molecular weight excluding hydrogens is 294 g/mol. The zero-order valence-corrected chi connectivity index (χ0v) is 12.5. The van der Waals surface area contributed by atoms with Crippen LogP contribution < -0.4 is 25.6 Å². The molecule has 0 atom stereocenters. The normalized spacial score (nSPS) is 10.4. The molecule has 1 N–H and O–H groups in total. The van der Waals surface area contributed by atoms with Gasteiger partial charge >= 0.3 is 17.3 Å². The third kappa shape index (κ3) is 2.60. The molecular formula is C13H15N3O6. The maximum absolute atomic E-state index is 12.1. The van der Waals surface area contributed by atoms with E-state index in [1.807, 2.05) is 0 Å². The zero-order chi connectivity index (χ0) is 16.4. The molecule has 0 saturated heterocycles. The molecule has 9 nitrogen and oxygen atoms in total. The molecule has 0 saturated carbocycles. The van der Waals surface area contributed by atoms with Gasteiger partial charge in [-0.05, 0) is 0 Å². The highest BCUT2D eigenvalue weighted by molar-refractivity contribution is 5.73. The van der Waals surface area contributed by atoms with Crippen LogP contribution >= 0.6 is 0 Å². The second-order valence-electron chi connectivity index (χ2n) is 4.36. The van der Waals surface area contributed by atoms with Gasteiger partial charge in [0.25, 0.3) is 0 Å². The Morgan fingerprint density at radius 1 is 1.14 bits per heavy atom. The van der Waals surface area contributed by atoms with Gasteiger partial charge in [-0.25, -0.2) is 19.3 Å². The van der Waals surface area contributed by atoms with Crippen molar-refractivity contribution >= 4 is 5.97 Å². The number of methoxy groups -OCH3 is 2. The molecule has 22 heavy (non-hydrogen) atoms. The Kier molecular flexibility index (Phi) is 4.06. The SMILES string of the molecule is COc1cc(OC)c(-n2[nH]c(=O)n(C)c2=O)c(OC(C)=O)c1. The quantitative estimate of drug-likeness (QED) is 0.620. The number of ether oxygens (including phenoxy) is 3. The summed E-state index contributed by atoms with van der Waals surface area (Å²) in [5.74, 6) is -0.0155. The van der Waals surface area contributed by atoms with Crippen molar-refractivity contribution in [2.45, 2.75) is 6.92 Å². The molecule has 2 aromatic rings. The van der Waals surface area contributed by atoms with Crippen molar-refractivity contribution in [3.63, 3.8) is 0 Å². The molecule has 0 unspecified atom stereocenters. The van der Waals surface area contributed by atoms with Gasteiger partial charge in [-0.1, -0.05) is 0 Å². The van der Waals surface area contributed by atoms with E-state index >= 15 is 0 Å². The molecule has 1 aromatic carbocycles. The number of carbonyl (C=O) groups is 1. The fourth-order valence-corrected chi connectivity index (χ4v) is 1.89. The van der Waals surface area contributed by atoms with E-state index in [2.05, 4.69) is 5.10 Å². The number of aromatic amines is 1. The van der Waals surface area contributed by atoms with E-state index < -0.39 is 17.3 Å². The van der Waals surface area contributed by atoms with Crippen LogP contribution in [0, 0.1) is 0 Å². The van der Waals surface area contributed by atoms with Crippen molar-refractivity contribution in [3.8, 4) is 22.9 Å². The Bertz CT molecular complexity index is 829. The van der Waals surface area contributed by atoms with E-state index in [0.717, 1.165) is 9.25 Å². The summed E-state index contributed by atoms with van der Waals surface area (Å²) in [6.07, 6.45) is 0. The zero-order valence-electron chi connectivity index (χ0n) is 12.5. The standard InChI is InChI=1S/C13H15N3O6/c1-7(17)22-10-6-8(20-3)5-9(21-4)11(10)16-13(19)15(2)12(18)14-16/h5-6H,1-4H3,(H,14,18). The van der Waals surface area contributed by atoms with Gasteiger partial charge in [-0.3, -0.25) is 4.79 Å². The van der Waals surface area contributed by atoms with Gasteiger partial charge in [0.15, 0.2) is 17.2 Å². The Balaban J connectivity index is 2.81. The van der Waals surface area contributed by atoms with Crippen molar-refractivity contribution < 1.29 is 19.0 Å². The number of rotatable bonds is 4. The highest BCUT2D eigenvalue weighted by atomic mass is 16.5. The van der Waals surface area contributed by atoms with E-state index in [4.69, 9.17) is 14.2 Å². The average molecular weight is 309 g/mol. The summed E-state index contributed by atoms with van der Waals surface area (Å²) in [5, 5.41) is 2.35. The maximum atomic E-state index is 12.1. The van der Waals surface area contributed by atoms with Gasteiger partial charge in [0.1, 0.15) is 5.75 Å². The number of hydrogen-bond acceptors (Lipinski definition) is 6. The summed E-state index contributed by atoms with van der Waals surface area (Å²) in [5.41, 5.74) is -1.15. The van der Waals surface area contributed by atoms with Crippen LogP contribution in [-0.2, 0) is 11.8 Å². The smallest absolute Gasteiger partial charge is 0.351 e. The molecule has 9 heteroatoms. The Morgan fingerprint density at radius 2 is 1.77 bits per heavy atom. The number of carbonyl (C=O) groups excluding carboxylic acids is 1. The average Bonchev–Trinajstić information content (AvgIpc) is 2.73. The molecule has 0 amide bonds. The Labute approximate surface area is 124 Å². The molecule has 0 bridgehead atoms. The lowest BCUT2D eigenvalue weighted by molar-refractivity contribution is -0.131. The molecule has 1 heterocycles. The topological polar surface area (TPSA) is 105 Å². The molecule has 118 valence electrons. The van der Waals surface area contributed by atoms with Crippen molar-refractivity contribution in [2.24, 2.45) is 7.05 Å². The van der Waals surface area contributed by atoms with Crippen molar-refractivity contribution in [3.05, 3.63) is 33.1 Å². The van der Waals surface area contributed by atoms with E-state index in [9.17, 15) is 14.4 Å². The highest BCUT2D eigenvalue weighted by Crippen LogP contribution is 2.36. The fraction of sp³-hybridized carbons (Fsp3) is 0.308. The number of benzene rings is 1. The first-order valence-corrected chi connectivity index (χ1v) is 6.22. The van der Waals surface area contributed by atoms with Gasteiger partial charge in [-0.15, -0.1) is 0 Å². The van der Waals surface area contributed by atoms with Crippen molar-refractivity contribution in [2.75, 3.05) is 14.2 Å². The van der Waals surface area contributed by atoms with Gasteiger partial charge in [0.05, 0.1) is 14.2 Å². The highest BCUT2D eigenvalue weighted by Gasteiger charge is 2.20. The summed E-state index contributed by atoms with van der Waals surface area (Å²) < 4.78 is 17.2. The van der Waals surface area contributed by atoms with Crippen LogP contribution in [-0.4, -0.2) is 34.5 Å². The molecule has 0 fully saturated rings. The Hall–Kier alpha value is -2.97. The largest absolute Gasteiger partial charge is 0.496 e. The van der Waals surface area contributed by atoms with E-state index in [-0.39, 0.29) is 17.2 Å². The lowest BCUT2D eigenvalue weighted by Gasteiger charge is -2.14. The van der Waals surface area contributed by atoms with Crippen LogP contribution in [0.2, 0.25) is 0 Å². The first-order chi connectivity index (χ1) is 10.4. The lowest BCUT2D eigenvalue weighted by Crippen LogP contribution is -2.25. The van der Waals surface area contributed by atoms with Crippen LogP contribution in [0.1, 0.15) is 6.92 Å². The van der Waals surface area contributed by atoms with E-state index in [1.54, 1.807) is 0 Å². The van der Waals surface area contributed by atoms with Crippen molar-refractivity contribution in [1.29, 1.82) is 0 Å². The molecule has 0 aliphatic heterocycles. The van der Waals surface area contributed by atoms with Crippen LogP contribution in [0.15, 0.2) is 21.7 Å². The monoisotopic (exact) mass is 309 g/mol. The van der Waals surface area contributed by atoms with E-state index in [0.29, 0.717) is 5.75 Å². The second kappa shape index (κ2) is 5.80. The summed E-state index contributed by atoms with van der Waals surface area (Å²) in [4.78, 5) is 35.0. The number of hydrogen-bond donors (Lipinski definition) is 1. The molecule has 0 aliphatic carbocycles. The van der Waals surface area contributed by atoms with Gasteiger partial charge < -0.3 is 14.2 Å². The first-order valence-electron chi connectivity index (χ1n) is 6.22. The third-order valence-corrected chi connectivity index (χ3v) is 2.94. The number of nitrogens with one attached hydrogen (secondary N) is 1. The third-order valence-electron chi connectivity index (χ3n) is 2.94. The molecule has 0 aliphatic rings. The van der Waals surface area contributed by atoms with Gasteiger partial charge in [0, 0.05) is 26.1 Å². The molecule has 1 aromatic heterocycles. The summed E-state index contributed by atoms with van der Waals surface area (Å²) in [6.45, 7) is 1.21. The molecule has 0 spiro atoms. The number of nitrogens with zero attached hydrogens (tertiary/aromatic N) is 2. The summed E-state index contributed by atoms with van der Waals surface area (Å²) in [7, 11) is 4.13. The predicted molar refractivity (Wildman–Crippen MR) is 76.0 cm³/mol. The van der Waals surface area contributed by atoms with Crippen LogP contribution in [0.5, 0.6) is 17.2 Å². The molecule has 0 radical (unpaired) electrons. The van der Waals surface area contributed by atoms with Crippen LogP contribution in [0.4, 0.5) is 0 Å². The number of aromatic nitrogens is 3. The lowest BCUT2D eigenvalue weighted by atomic mass is 10.2. The molecule has 2 rings (SSSR count). The minimum Gasteiger partial charge on any atom is -0.496 e. The minimum absolute atomic E-state index is 0.0210. The number of esters is 1. The fourth-order valence-electron chi connectivity index (χ4n) is 1.89. The van der Waals surface area contributed by atoms with E-state index in [1.165, 1.54) is 40.3 Å².